The lowest BCUT2D eigenvalue weighted by molar-refractivity contribution is 0.463. The lowest BCUT2D eigenvalue weighted by Crippen LogP contribution is -2.05. The SMILES string of the molecule is Fc1c(F)c(-c2c3ccccc3c(-c3cccc4ccccc34)c3ccccc23)c(F)c(F)c1-c1cccc2ccccc12. The predicted octanol–water partition coefficient (Wildman–Crippen LogP) is 11.9. The number of benzene rings is 8. The van der Waals surface area contributed by atoms with Gasteiger partial charge in [0.1, 0.15) is 0 Å². The molecule has 210 valence electrons. The summed E-state index contributed by atoms with van der Waals surface area (Å²) in [5, 5.41) is 5.68. The molecule has 0 unspecified atom stereocenters. The Morgan fingerprint density at radius 1 is 0.250 bits per heavy atom. The average Bonchev–Trinajstić information content (AvgIpc) is 3.07. The fourth-order valence-electron chi connectivity index (χ4n) is 6.66. The van der Waals surface area contributed by atoms with Crippen molar-refractivity contribution in [3.05, 3.63) is 157 Å². The minimum Gasteiger partial charge on any atom is -0.203 e. The molecule has 0 fully saturated rings. The summed E-state index contributed by atoms with van der Waals surface area (Å²) in [4.78, 5) is 0. The highest BCUT2D eigenvalue weighted by Crippen LogP contribution is 2.48. The van der Waals surface area contributed by atoms with Crippen molar-refractivity contribution < 1.29 is 17.6 Å². The molecule has 0 saturated heterocycles. The van der Waals surface area contributed by atoms with Crippen LogP contribution >= 0.6 is 0 Å². The first-order chi connectivity index (χ1) is 21.5. The molecule has 44 heavy (non-hydrogen) atoms. The van der Waals surface area contributed by atoms with Gasteiger partial charge in [-0.15, -0.1) is 0 Å². The summed E-state index contributed by atoms with van der Waals surface area (Å²) in [6, 6.07) is 40.4. The molecule has 0 aliphatic carbocycles. The molecule has 0 aliphatic heterocycles. The van der Waals surface area contributed by atoms with E-state index in [9.17, 15) is 0 Å². The third-order valence-corrected chi connectivity index (χ3v) is 8.56. The van der Waals surface area contributed by atoms with Gasteiger partial charge in [-0.05, 0) is 59.8 Å². The Bertz CT molecular complexity index is 2340. The van der Waals surface area contributed by atoms with Crippen molar-refractivity contribution in [2.24, 2.45) is 0 Å². The Labute approximate surface area is 250 Å². The van der Waals surface area contributed by atoms with Crippen molar-refractivity contribution in [3.8, 4) is 33.4 Å². The van der Waals surface area contributed by atoms with E-state index in [-0.39, 0.29) is 11.1 Å². The van der Waals surface area contributed by atoms with Crippen LogP contribution in [0.15, 0.2) is 133 Å². The van der Waals surface area contributed by atoms with E-state index in [2.05, 4.69) is 0 Å². The van der Waals surface area contributed by atoms with Gasteiger partial charge in [0.2, 0.25) is 0 Å². The van der Waals surface area contributed by atoms with Crippen LogP contribution in [0.25, 0.3) is 76.5 Å². The van der Waals surface area contributed by atoms with Gasteiger partial charge in [-0.2, -0.15) is 0 Å². The van der Waals surface area contributed by atoms with Crippen LogP contribution in [0.4, 0.5) is 17.6 Å². The quantitative estimate of drug-likeness (QED) is 0.111. The molecule has 0 radical (unpaired) electrons. The third kappa shape index (κ3) is 3.77. The lowest BCUT2D eigenvalue weighted by Gasteiger charge is -2.20. The number of fused-ring (bicyclic) bond motifs is 4. The first-order valence-electron chi connectivity index (χ1n) is 14.3. The van der Waals surface area contributed by atoms with Crippen LogP contribution in [0.2, 0.25) is 0 Å². The highest BCUT2D eigenvalue weighted by molar-refractivity contribution is 6.23. The molecule has 0 spiro atoms. The molecule has 0 aromatic heterocycles. The van der Waals surface area contributed by atoms with Crippen LogP contribution in [0.3, 0.4) is 0 Å². The standard InChI is InChI=1S/C40H22F4/c41-37-35(28-22-10-14-24-12-2-4-16-26(24)28)38(42)40(44)36(39(37)43)34-31-19-7-5-17-29(31)33(30-18-6-8-20-32(30)34)27-21-9-13-23-11-1-3-15-25(23)27/h1-22H. The summed E-state index contributed by atoms with van der Waals surface area (Å²) >= 11 is 0. The molecule has 0 N–H and O–H groups in total. The van der Waals surface area contributed by atoms with Crippen LogP contribution < -0.4 is 0 Å². The van der Waals surface area contributed by atoms with Crippen LogP contribution in [-0.2, 0) is 0 Å². The Balaban J connectivity index is 1.49. The largest absolute Gasteiger partial charge is 0.203 e. The molecule has 0 atom stereocenters. The first-order valence-corrected chi connectivity index (χ1v) is 14.3. The number of hydrogen-bond acceptors (Lipinski definition) is 0. The van der Waals surface area contributed by atoms with E-state index in [1.807, 2.05) is 66.7 Å². The summed E-state index contributed by atoms with van der Waals surface area (Å²) < 4.78 is 65.0. The molecule has 0 heterocycles. The molecule has 0 amide bonds. The smallest absolute Gasteiger partial charge is 0.170 e. The average molecular weight is 579 g/mol. The van der Waals surface area contributed by atoms with Gasteiger partial charge in [0.15, 0.2) is 23.3 Å². The van der Waals surface area contributed by atoms with Gasteiger partial charge in [-0.3, -0.25) is 0 Å². The summed E-state index contributed by atoms with van der Waals surface area (Å²) in [7, 11) is 0. The molecule has 0 aliphatic rings. The maximum atomic E-state index is 16.4. The first kappa shape index (κ1) is 26.2. The minimum atomic E-state index is -1.43. The van der Waals surface area contributed by atoms with Crippen molar-refractivity contribution in [3.63, 3.8) is 0 Å². The molecular formula is C40H22F4. The third-order valence-electron chi connectivity index (χ3n) is 8.56. The van der Waals surface area contributed by atoms with E-state index in [4.69, 9.17) is 0 Å². The Morgan fingerprint density at radius 2 is 0.568 bits per heavy atom. The fourth-order valence-corrected chi connectivity index (χ4v) is 6.66. The Hall–Kier alpha value is -5.48. The van der Waals surface area contributed by atoms with Crippen LogP contribution in [-0.4, -0.2) is 0 Å². The predicted molar refractivity (Wildman–Crippen MR) is 173 cm³/mol. The summed E-state index contributed by atoms with van der Waals surface area (Å²) in [6.07, 6.45) is 0. The zero-order valence-corrected chi connectivity index (χ0v) is 23.2. The normalized spacial score (nSPS) is 11.6. The van der Waals surface area contributed by atoms with Gasteiger partial charge < -0.3 is 0 Å². The van der Waals surface area contributed by atoms with E-state index < -0.39 is 34.4 Å². The van der Waals surface area contributed by atoms with Gasteiger partial charge in [0.05, 0.1) is 11.1 Å². The van der Waals surface area contributed by atoms with Gasteiger partial charge in [0, 0.05) is 5.56 Å². The van der Waals surface area contributed by atoms with Gasteiger partial charge in [-0.25, -0.2) is 17.6 Å². The molecule has 4 heteroatoms. The van der Waals surface area contributed by atoms with Crippen LogP contribution in [0.1, 0.15) is 0 Å². The van der Waals surface area contributed by atoms with Crippen molar-refractivity contribution in [2.75, 3.05) is 0 Å². The second-order valence-electron chi connectivity index (χ2n) is 10.9. The zero-order chi connectivity index (χ0) is 29.9. The van der Waals surface area contributed by atoms with Crippen LogP contribution in [0.5, 0.6) is 0 Å². The lowest BCUT2D eigenvalue weighted by atomic mass is 9.84. The molecule has 8 rings (SSSR count). The monoisotopic (exact) mass is 578 g/mol. The van der Waals surface area contributed by atoms with Crippen molar-refractivity contribution in [2.45, 2.75) is 0 Å². The highest BCUT2D eigenvalue weighted by atomic mass is 19.2. The number of hydrogen-bond donors (Lipinski definition) is 0. The van der Waals surface area contributed by atoms with Gasteiger partial charge in [-0.1, -0.05) is 133 Å². The van der Waals surface area contributed by atoms with Crippen molar-refractivity contribution in [1.29, 1.82) is 0 Å². The van der Waals surface area contributed by atoms with Gasteiger partial charge >= 0.3 is 0 Å². The second kappa shape index (κ2) is 10.1. The Morgan fingerprint density at radius 3 is 1.02 bits per heavy atom. The molecule has 0 nitrogen and oxygen atoms in total. The number of rotatable bonds is 3. The van der Waals surface area contributed by atoms with Crippen molar-refractivity contribution >= 4 is 43.1 Å². The van der Waals surface area contributed by atoms with Gasteiger partial charge in [0.25, 0.3) is 0 Å². The number of halogens is 4. The summed E-state index contributed by atoms with van der Waals surface area (Å²) in [5.41, 5.74) is 0.584. The summed E-state index contributed by atoms with van der Waals surface area (Å²) in [6.45, 7) is 0. The van der Waals surface area contributed by atoms with E-state index in [0.29, 0.717) is 21.5 Å². The maximum Gasteiger partial charge on any atom is 0.170 e. The minimum absolute atomic E-state index is 0.0865. The zero-order valence-electron chi connectivity index (χ0n) is 23.2. The highest BCUT2D eigenvalue weighted by Gasteiger charge is 2.30. The second-order valence-corrected chi connectivity index (χ2v) is 10.9. The van der Waals surface area contributed by atoms with Crippen LogP contribution in [0, 0.1) is 23.3 Å². The van der Waals surface area contributed by atoms with E-state index in [1.165, 1.54) is 6.07 Å². The van der Waals surface area contributed by atoms with E-state index in [1.54, 1.807) is 60.7 Å². The molecule has 8 aromatic rings. The van der Waals surface area contributed by atoms with E-state index in [0.717, 1.165) is 32.7 Å². The molecule has 0 bridgehead atoms. The Kier molecular flexibility index (Phi) is 5.98. The fraction of sp³-hybridized carbons (Fsp3) is 0. The molecule has 0 saturated carbocycles. The molecular weight excluding hydrogens is 556 g/mol. The topological polar surface area (TPSA) is 0 Å². The summed E-state index contributed by atoms with van der Waals surface area (Å²) in [5.74, 6) is -5.72. The molecule has 8 aromatic carbocycles. The maximum absolute atomic E-state index is 16.4. The van der Waals surface area contributed by atoms with E-state index >= 15 is 17.6 Å². The van der Waals surface area contributed by atoms with Crippen molar-refractivity contribution in [1.82, 2.24) is 0 Å².